The van der Waals surface area contributed by atoms with Gasteiger partial charge in [-0.1, -0.05) is 0 Å². The molecule has 2 rings (SSSR count). The van der Waals surface area contributed by atoms with Gasteiger partial charge in [0, 0.05) is 15.8 Å². The van der Waals surface area contributed by atoms with Crippen LogP contribution in [0, 0.1) is 0 Å². The minimum atomic E-state index is -4.71. The average Bonchev–Trinajstić information content (AvgIpc) is 2.55. The van der Waals surface area contributed by atoms with Crippen LogP contribution in [-0.2, 0) is 6.18 Å². The van der Waals surface area contributed by atoms with Crippen LogP contribution >= 0.6 is 11.3 Å². The summed E-state index contributed by atoms with van der Waals surface area (Å²) in [6, 6.07) is 3.96. The molecule has 90 valence electrons. The fourth-order valence-corrected chi connectivity index (χ4v) is 2.59. The van der Waals surface area contributed by atoms with Crippen LogP contribution in [0.5, 0.6) is 0 Å². The second-order valence-corrected chi connectivity index (χ2v) is 4.42. The Bertz CT molecular complexity index is 603. The number of nitrogen functional groups attached to an aromatic ring is 1. The van der Waals surface area contributed by atoms with Gasteiger partial charge in [0.2, 0.25) is 0 Å². The minimum absolute atomic E-state index is 0.165. The molecule has 7 heteroatoms. The van der Waals surface area contributed by atoms with Crippen molar-refractivity contribution in [3.8, 4) is 0 Å². The molecule has 0 aliphatic carbocycles. The van der Waals surface area contributed by atoms with Crippen molar-refractivity contribution < 1.29 is 23.1 Å². The largest absolute Gasteiger partial charge is 0.477 e. The number of carboxylic acids is 1. The fourth-order valence-electron chi connectivity index (χ4n) is 1.55. The summed E-state index contributed by atoms with van der Waals surface area (Å²) in [5.41, 5.74) is 4.45. The zero-order chi connectivity index (χ0) is 12.8. The topological polar surface area (TPSA) is 63.3 Å². The van der Waals surface area contributed by atoms with Crippen LogP contribution in [-0.4, -0.2) is 11.1 Å². The molecule has 0 bridgehead atoms. The van der Waals surface area contributed by atoms with Crippen molar-refractivity contribution in [3.05, 3.63) is 28.6 Å². The molecule has 0 aliphatic heterocycles. The van der Waals surface area contributed by atoms with Crippen molar-refractivity contribution in [1.82, 2.24) is 0 Å². The first-order valence-electron chi connectivity index (χ1n) is 4.43. The first-order chi connectivity index (χ1) is 7.80. The summed E-state index contributed by atoms with van der Waals surface area (Å²) < 4.78 is 38.7. The quantitative estimate of drug-likeness (QED) is 0.775. The third kappa shape index (κ3) is 1.93. The van der Waals surface area contributed by atoms with Gasteiger partial charge in [0.05, 0.1) is 5.56 Å². The number of hydrogen-bond donors (Lipinski definition) is 2. The molecule has 1 heterocycles. The lowest BCUT2D eigenvalue weighted by atomic mass is 10.1. The number of hydrogen-bond acceptors (Lipinski definition) is 3. The highest BCUT2D eigenvalue weighted by molar-refractivity contribution is 7.21. The Hall–Kier alpha value is -1.76. The Balaban J connectivity index is 2.87. The van der Waals surface area contributed by atoms with Crippen LogP contribution in [0.25, 0.3) is 10.1 Å². The number of carbonyl (C=O) groups is 1. The van der Waals surface area contributed by atoms with E-state index in [9.17, 15) is 18.0 Å². The highest BCUT2D eigenvalue weighted by Gasteiger charge is 2.39. The summed E-state index contributed by atoms with van der Waals surface area (Å²) in [7, 11) is 0. The number of alkyl halides is 3. The van der Waals surface area contributed by atoms with Gasteiger partial charge in [-0.15, -0.1) is 11.3 Å². The minimum Gasteiger partial charge on any atom is -0.477 e. The monoisotopic (exact) mass is 261 g/mol. The lowest BCUT2D eigenvalue weighted by molar-refractivity contribution is -0.136. The van der Waals surface area contributed by atoms with Crippen LogP contribution in [0.3, 0.4) is 0 Å². The average molecular weight is 261 g/mol. The molecule has 0 saturated carbocycles. The molecule has 0 atom stereocenters. The maximum absolute atomic E-state index is 12.8. The van der Waals surface area contributed by atoms with E-state index < -0.39 is 22.6 Å². The normalized spacial score (nSPS) is 11.9. The predicted octanol–water partition coefficient (Wildman–Crippen LogP) is 3.20. The van der Waals surface area contributed by atoms with Crippen molar-refractivity contribution >= 4 is 33.1 Å². The van der Waals surface area contributed by atoms with Gasteiger partial charge in [-0.3, -0.25) is 0 Å². The Labute approximate surface area is 97.3 Å². The number of thiophene rings is 1. The first-order valence-corrected chi connectivity index (χ1v) is 5.25. The Morgan fingerprint density at radius 3 is 2.53 bits per heavy atom. The molecule has 2 aromatic rings. The maximum Gasteiger partial charge on any atom is 0.418 e. The van der Waals surface area contributed by atoms with Gasteiger partial charge in [0.1, 0.15) is 4.88 Å². The van der Waals surface area contributed by atoms with Gasteiger partial charge < -0.3 is 10.8 Å². The highest BCUT2D eigenvalue weighted by atomic mass is 32.1. The SMILES string of the molecule is Nc1ccc2sc(C(=O)O)c(C(F)(F)F)c2c1. The third-order valence-electron chi connectivity index (χ3n) is 2.19. The summed E-state index contributed by atoms with van der Waals surface area (Å²) in [5.74, 6) is -1.59. The number of carboxylic acid groups (broad SMARTS) is 1. The molecule has 0 aliphatic rings. The van der Waals surface area contributed by atoms with Crippen LogP contribution in [0.1, 0.15) is 15.2 Å². The van der Waals surface area contributed by atoms with Gasteiger partial charge >= 0.3 is 12.1 Å². The van der Waals surface area contributed by atoms with Crippen molar-refractivity contribution in [2.24, 2.45) is 0 Å². The van der Waals surface area contributed by atoms with Gasteiger partial charge in [0.15, 0.2) is 0 Å². The van der Waals surface area contributed by atoms with E-state index in [-0.39, 0.29) is 15.8 Å². The molecule has 0 spiro atoms. The molecule has 3 N–H and O–H groups in total. The molecule has 0 radical (unpaired) electrons. The molecule has 0 saturated heterocycles. The molecule has 0 amide bonds. The maximum atomic E-state index is 12.8. The smallest absolute Gasteiger partial charge is 0.418 e. The zero-order valence-corrected chi connectivity index (χ0v) is 9.02. The predicted molar refractivity (Wildman–Crippen MR) is 58.2 cm³/mol. The van der Waals surface area contributed by atoms with Gasteiger partial charge in [-0.2, -0.15) is 13.2 Å². The van der Waals surface area contributed by atoms with Crippen LogP contribution < -0.4 is 5.73 Å². The summed E-state index contributed by atoms with van der Waals surface area (Å²) in [4.78, 5) is 10.1. The van der Waals surface area contributed by atoms with Crippen LogP contribution in [0.15, 0.2) is 18.2 Å². The number of fused-ring (bicyclic) bond motifs is 1. The summed E-state index contributed by atoms with van der Waals surface area (Å²) in [6.45, 7) is 0. The van der Waals surface area contributed by atoms with Crippen molar-refractivity contribution in [2.45, 2.75) is 6.18 Å². The second kappa shape index (κ2) is 3.63. The van der Waals surface area contributed by atoms with E-state index >= 15 is 0 Å². The lowest BCUT2D eigenvalue weighted by Crippen LogP contribution is -2.10. The van der Waals surface area contributed by atoms with Crippen molar-refractivity contribution in [2.75, 3.05) is 5.73 Å². The van der Waals surface area contributed by atoms with E-state index in [2.05, 4.69) is 0 Å². The second-order valence-electron chi connectivity index (χ2n) is 3.36. The van der Waals surface area contributed by atoms with E-state index in [1.165, 1.54) is 12.1 Å². The molecule has 0 unspecified atom stereocenters. The number of anilines is 1. The van der Waals surface area contributed by atoms with E-state index in [4.69, 9.17) is 10.8 Å². The molecular weight excluding hydrogens is 255 g/mol. The Morgan fingerprint density at radius 1 is 1.35 bits per heavy atom. The van der Waals surface area contributed by atoms with Crippen LogP contribution in [0.2, 0.25) is 0 Å². The molecule has 1 aromatic heterocycles. The molecule has 0 fully saturated rings. The number of rotatable bonds is 1. The fraction of sp³-hybridized carbons (Fsp3) is 0.100. The van der Waals surface area contributed by atoms with Gasteiger partial charge in [0.25, 0.3) is 0 Å². The number of benzene rings is 1. The highest BCUT2D eigenvalue weighted by Crippen LogP contribution is 2.42. The van der Waals surface area contributed by atoms with Gasteiger partial charge in [-0.05, 0) is 18.2 Å². The van der Waals surface area contributed by atoms with Crippen molar-refractivity contribution in [3.63, 3.8) is 0 Å². The molecule has 17 heavy (non-hydrogen) atoms. The standard InChI is InChI=1S/C10H6F3NO2S/c11-10(12,13)7-5-3-4(14)1-2-6(5)17-8(7)9(15)16/h1-3H,14H2,(H,15,16). The van der Waals surface area contributed by atoms with E-state index in [1.807, 2.05) is 0 Å². The first kappa shape index (κ1) is 11.7. The number of nitrogens with two attached hydrogens (primary N) is 1. The van der Waals surface area contributed by atoms with Crippen molar-refractivity contribution in [1.29, 1.82) is 0 Å². The Morgan fingerprint density at radius 2 is 2.00 bits per heavy atom. The van der Waals surface area contributed by atoms with E-state index in [0.29, 0.717) is 11.3 Å². The van der Waals surface area contributed by atoms with Gasteiger partial charge in [-0.25, -0.2) is 4.79 Å². The lowest BCUT2D eigenvalue weighted by Gasteiger charge is -2.06. The Kier molecular flexibility index (Phi) is 2.50. The number of halogens is 3. The summed E-state index contributed by atoms with van der Waals surface area (Å²) >= 11 is 0.592. The molecule has 3 nitrogen and oxygen atoms in total. The molecular formula is C10H6F3NO2S. The van der Waals surface area contributed by atoms with E-state index in [0.717, 1.165) is 6.07 Å². The van der Waals surface area contributed by atoms with Crippen LogP contribution in [0.4, 0.5) is 18.9 Å². The summed E-state index contributed by atoms with van der Waals surface area (Å²) in [6.07, 6.45) is -4.71. The summed E-state index contributed by atoms with van der Waals surface area (Å²) in [5, 5.41) is 8.61. The number of aromatic carboxylic acids is 1. The molecule has 1 aromatic carbocycles. The van der Waals surface area contributed by atoms with E-state index in [1.54, 1.807) is 0 Å². The third-order valence-corrected chi connectivity index (χ3v) is 3.35. The zero-order valence-electron chi connectivity index (χ0n) is 8.21.